The largest absolute Gasteiger partial charge is 0.496 e. The van der Waals surface area contributed by atoms with Crippen molar-refractivity contribution >= 4 is 44.0 Å². The first-order valence-electron chi connectivity index (χ1n) is 12.2. The predicted octanol–water partition coefficient (Wildman–Crippen LogP) is 7.04. The van der Waals surface area contributed by atoms with E-state index in [1.165, 1.54) is 4.68 Å². The molecule has 4 aromatic carbocycles. The fourth-order valence-corrected chi connectivity index (χ4v) is 4.50. The van der Waals surface area contributed by atoms with E-state index in [9.17, 15) is 4.79 Å². The van der Waals surface area contributed by atoms with Gasteiger partial charge in [0.15, 0.2) is 5.76 Å². The van der Waals surface area contributed by atoms with Crippen LogP contribution in [-0.2, 0) is 6.61 Å². The first-order valence-corrected chi connectivity index (χ1v) is 13.0. The third-order valence-electron chi connectivity index (χ3n) is 6.24. The zero-order valence-electron chi connectivity index (χ0n) is 20.9. The molecule has 6 rings (SSSR count). The lowest BCUT2D eigenvalue weighted by molar-refractivity contribution is 0.306. The molecule has 8 heteroatoms. The van der Waals surface area contributed by atoms with Crippen molar-refractivity contribution in [1.29, 1.82) is 0 Å². The van der Waals surface area contributed by atoms with Crippen molar-refractivity contribution in [2.75, 3.05) is 7.11 Å². The van der Waals surface area contributed by atoms with Crippen LogP contribution < -0.4 is 15.0 Å². The number of methoxy groups -OCH3 is 1. The molecule has 0 aliphatic heterocycles. The monoisotopic (exact) mass is 579 g/mol. The van der Waals surface area contributed by atoms with Crippen LogP contribution in [-0.4, -0.2) is 23.0 Å². The van der Waals surface area contributed by atoms with Gasteiger partial charge in [0.25, 0.3) is 5.56 Å². The van der Waals surface area contributed by atoms with Crippen LogP contribution in [0.3, 0.4) is 0 Å². The van der Waals surface area contributed by atoms with Gasteiger partial charge in [-0.25, -0.2) is 4.98 Å². The van der Waals surface area contributed by atoms with Gasteiger partial charge < -0.3 is 13.9 Å². The summed E-state index contributed by atoms with van der Waals surface area (Å²) in [6.45, 7) is 0.463. The predicted molar refractivity (Wildman–Crippen MR) is 156 cm³/mol. The minimum Gasteiger partial charge on any atom is -0.496 e. The third kappa shape index (κ3) is 5.06. The molecule has 0 fully saturated rings. The Labute approximate surface area is 232 Å². The molecule has 0 aliphatic carbocycles. The molecule has 0 radical (unpaired) electrons. The van der Waals surface area contributed by atoms with Crippen molar-refractivity contribution in [2.45, 2.75) is 6.61 Å². The van der Waals surface area contributed by atoms with Gasteiger partial charge in [-0.15, -0.1) is 0 Å². The number of rotatable bonds is 7. The average molecular weight is 580 g/mol. The molecule has 0 saturated heterocycles. The van der Waals surface area contributed by atoms with Crippen LogP contribution >= 0.6 is 15.9 Å². The summed E-state index contributed by atoms with van der Waals surface area (Å²) in [7, 11) is 1.60. The number of fused-ring (bicyclic) bond motifs is 2. The molecule has 6 aromatic rings. The highest BCUT2D eigenvalue weighted by Gasteiger charge is 2.17. The fraction of sp³-hybridized carbons (Fsp3) is 0.0645. The molecule has 0 bridgehead atoms. The number of benzene rings is 4. The first kappa shape index (κ1) is 24.6. The standard InChI is InChI=1S/C31H22BrN3O4/c1-37-27-7-4-8-28-25(27)17-29(39-28)30-34-26-6-3-2-5-24(26)31(36)35(30)33-18-20-11-15-23(16-12-20)38-19-21-9-13-22(32)14-10-21/h2-18H,19H2,1H3. The summed E-state index contributed by atoms with van der Waals surface area (Å²) in [5.74, 6) is 2.11. The number of aromatic nitrogens is 2. The van der Waals surface area contributed by atoms with Crippen molar-refractivity contribution in [3.8, 4) is 23.1 Å². The highest BCUT2D eigenvalue weighted by molar-refractivity contribution is 9.10. The van der Waals surface area contributed by atoms with E-state index in [1.54, 1.807) is 31.5 Å². The van der Waals surface area contributed by atoms with Gasteiger partial charge in [0, 0.05) is 4.47 Å². The van der Waals surface area contributed by atoms with Gasteiger partial charge in [0.2, 0.25) is 5.82 Å². The maximum Gasteiger partial charge on any atom is 0.282 e. The third-order valence-corrected chi connectivity index (χ3v) is 6.77. The molecule has 0 unspecified atom stereocenters. The van der Waals surface area contributed by atoms with Crippen molar-refractivity contribution in [3.05, 3.63) is 123 Å². The van der Waals surface area contributed by atoms with Crippen LogP contribution in [0.4, 0.5) is 0 Å². The summed E-state index contributed by atoms with van der Waals surface area (Å²) in [5, 5.41) is 5.77. The Bertz CT molecular complexity index is 1870. The van der Waals surface area contributed by atoms with E-state index in [-0.39, 0.29) is 5.56 Å². The Kier molecular flexibility index (Phi) is 6.69. The number of hydrogen-bond donors (Lipinski definition) is 0. The van der Waals surface area contributed by atoms with Crippen molar-refractivity contribution in [1.82, 2.24) is 9.66 Å². The Morgan fingerprint density at radius 2 is 1.74 bits per heavy atom. The van der Waals surface area contributed by atoms with Gasteiger partial charge in [-0.05, 0) is 77.9 Å². The smallest absolute Gasteiger partial charge is 0.282 e. The van der Waals surface area contributed by atoms with Crippen molar-refractivity contribution in [3.63, 3.8) is 0 Å². The van der Waals surface area contributed by atoms with Crippen LogP contribution in [0.15, 0.2) is 116 Å². The quantitative estimate of drug-likeness (QED) is 0.189. The van der Waals surface area contributed by atoms with E-state index < -0.39 is 0 Å². The molecule has 0 spiro atoms. The molecule has 0 atom stereocenters. The molecule has 192 valence electrons. The number of furan rings is 1. The zero-order valence-corrected chi connectivity index (χ0v) is 22.5. The average Bonchev–Trinajstić information content (AvgIpc) is 3.41. The Morgan fingerprint density at radius 3 is 2.54 bits per heavy atom. The summed E-state index contributed by atoms with van der Waals surface area (Å²) in [6.07, 6.45) is 1.61. The van der Waals surface area contributed by atoms with Gasteiger partial charge in [-0.1, -0.05) is 46.3 Å². The minimum atomic E-state index is -0.297. The topological polar surface area (TPSA) is 78.9 Å². The van der Waals surface area contributed by atoms with Gasteiger partial charge >= 0.3 is 0 Å². The maximum absolute atomic E-state index is 13.5. The lowest BCUT2D eigenvalue weighted by Gasteiger charge is -2.08. The van der Waals surface area contributed by atoms with Crippen molar-refractivity contribution < 1.29 is 13.9 Å². The maximum atomic E-state index is 13.5. The number of nitrogens with zero attached hydrogens (tertiary/aromatic N) is 3. The van der Waals surface area contributed by atoms with Crippen LogP contribution in [0.25, 0.3) is 33.5 Å². The van der Waals surface area contributed by atoms with Crippen molar-refractivity contribution in [2.24, 2.45) is 5.10 Å². The molecule has 2 aromatic heterocycles. The second-order valence-electron chi connectivity index (χ2n) is 8.78. The molecule has 7 nitrogen and oxygen atoms in total. The Hall–Kier alpha value is -4.69. The molecule has 0 aliphatic rings. The summed E-state index contributed by atoms with van der Waals surface area (Å²) < 4.78 is 19.7. The normalized spacial score (nSPS) is 11.4. The summed E-state index contributed by atoms with van der Waals surface area (Å²) in [5.41, 5.74) is 2.75. The Balaban J connectivity index is 1.33. The van der Waals surface area contributed by atoms with E-state index in [0.29, 0.717) is 40.4 Å². The van der Waals surface area contributed by atoms with E-state index in [4.69, 9.17) is 18.9 Å². The lowest BCUT2D eigenvalue weighted by atomic mass is 10.2. The first-order chi connectivity index (χ1) is 19.1. The van der Waals surface area contributed by atoms with Gasteiger partial charge in [0.1, 0.15) is 23.7 Å². The SMILES string of the molecule is COc1cccc2oc(-c3nc4ccccc4c(=O)n3N=Cc3ccc(OCc4ccc(Br)cc4)cc3)cc12. The number of ether oxygens (including phenoxy) is 2. The van der Waals surface area contributed by atoms with E-state index in [0.717, 1.165) is 26.7 Å². The van der Waals surface area contributed by atoms with Gasteiger partial charge in [0.05, 0.1) is 29.6 Å². The lowest BCUT2D eigenvalue weighted by Crippen LogP contribution is -2.20. The van der Waals surface area contributed by atoms with E-state index in [1.807, 2.05) is 78.9 Å². The molecule has 0 saturated carbocycles. The van der Waals surface area contributed by atoms with E-state index >= 15 is 0 Å². The van der Waals surface area contributed by atoms with Gasteiger partial charge in [-0.2, -0.15) is 9.78 Å². The fourth-order valence-electron chi connectivity index (χ4n) is 4.23. The molecule has 0 N–H and O–H groups in total. The summed E-state index contributed by atoms with van der Waals surface area (Å²) in [4.78, 5) is 18.2. The van der Waals surface area contributed by atoms with Crippen LogP contribution in [0.5, 0.6) is 11.5 Å². The molecular formula is C31H22BrN3O4. The summed E-state index contributed by atoms with van der Waals surface area (Å²) >= 11 is 3.44. The second-order valence-corrected chi connectivity index (χ2v) is 9.70. The summed E-state index contributed by atoms with van der Waals surface area (Å²) in [6, 6.07) is 30.0. The van der Waals surface area contributed by atoms with Crippen LogP contribution in [0, 0.1) is 0 Å². The van der Waals surface area contributed by atoms with Crippen LogP contribution in [0.1, 0.15) is 11.1 Å². The highest BCUT2D eigenvalue weighted by Crippen LogP contribution is 2.32. The highest BCUT2D eigenvalue weighted by atomic mass is 79.9. The van der Waals surface area contributed by atoms with Crippen LogP contribution in [0.2, 0.25) is 0 Å². The molecule has 2 heterocycles. The van der Waals surface area contributed by atoms with Gasteiger partial charge in [-0.3, -0.25) is 4.79 Å². The number of hydrogen-bond acceptors (Lipinski definition) is 6. The zero-order chi connectivity index (χ0) is 26.8. The number of para-hydroxylation sites is 1. The minimum absolute atomic E-state index is 0.294. The molecule has 0 amide bonds. The second kappa shape index (κ2) is 10.6. The molecule has 39 heavy (non-hydrogen) atoms. The number of halogens is 1. The molecular weight excluding hydrogens is 558 g/mol. The van der Waals surface area contributed by atoms with E-state index in [2.05, 4.69) is 21.0 Å². The Morgan fingerprint density at radius 1 is 0.949 bits per heavy atom.